The Bertz CT molecular complexity index is 980. The monoisotopic (exact) mass is 420 g/mol. The lowest BCUT2D eigenvalue weighted by molar-refractivity contribution is -0.141. The molecule has 160 valence electrons. The minimum atomic E-state index is -4.48. The summed E-state index contributed by atoms with van der Waals surface area (Å²) in [6, 6.07) is 10.4. The number of alkyl halides is 3. The molecule has 9 heteroatoms. The van der Waals surface area contributed by atoms with Gasteiger partial charge in [-0.05, 0) is 30.3 Å². The second-order valence-electron chi connectivity index (χ2n) is 7.27. The van der Waals surface area contributed by atoms with Crippen LogP contribution in [0.5, 0.6) is 5.75 Å². The normalized spacial score (nSPS) is 15.7. The summed E-state index contributed by atoms with van der Waals surface area (Å²) in [7, 11) is 1.68. The summed E-state index contributed by atoms with van der Waals surface area (Å²) in [6.45, 7) is 2.71. The molecule has 2 aromatic heterocycles. The number of aromatic nitrogens is 3. The Hall–Kier alpha value is -2.81. The second-order valence-corrected chi connectivity index (χ2v) is 7.27. The van der Waals surface area contributed by atoms with Gasteiger partial charge in [0.15, 0.2) is 11.5 Å². The first kappa shape index (κ1) is 20.5. The van der Waals surface area contributed by atoms with Gasteiger partial charge in [-0.3, -0.25) is 0 Å². The van der Waals surface area contributed by atoms with Crippen LogP contribution < -0.4 is 9.64 Å². The standard InChI is InChI=1S/C21H23F3N4O2/c1-29-14-13-27-12-9-16-17(27)3-2-4-18(16)30-15-7-10-28(11-8-15)20-6-5-19(25-26-20)21(22,23)24/h2-6,9,12,15H,7-8,10-11,13-14H2,1H3. The third-order valence-corrected chi connectivity index (χ3v) is 5.31. The minimum absolute atomic E-state index is 0.0385. The van der Waals surface area contributed by atoms with E-state index in [4.69, 9.17) is 9.47 Å². The summed E-state index contributed by atoms with van der Waals surface area (Å²) in [4.78, 5) is 1.94. The fourth-order valence-electron chi connectivity index (χ4n) is 3.71. The number of piperidine rings is 1. The number of anilines is 1. The number of hydrogen-bond acceptors (Lipinski definition) is 5. The van der Waals surface area contributed by atoms with Crippen LogP contribution in [-0.4, -0.2) is 47.7 Å². The summed E-state index contributed by atoms with van der Waals surface area (Å²) in [5.41, 5.74) is 0.122. The number of hydrogen-bond donors (Lipinski definition) is 0. The molecule has 6 nitrogen and oxygen atoms in total. The van der Waals surface area contributed by atoms with Crippen molar-refractivity contribution in [2.45, 2.75) is 31.7 Å². The average molecular weight is 420 g/mol. The van der Waals surface area contributed by atoms with Gasteiger partial charge in [-0.2, -0.15) is 13.2 Å². The molecule has 1 fully saturated rings. The van der Waals surface area contributed by atoms with E-state index in [1.807, 2.05) is 29.3 Å². The molecule has 0 aliphatic carbocycles. The third-order valence-electron chi connectivity index (χ3n) is 5.31. The number of nitrogens with zero attached hydrogens (tertiary/aromatic N) is 4. The summed E-state index contributed by atoms with van der Waals surface area (Å²) in [5.74, 6) is 1.30. The molecule has 0 N–H and O–H groups in total. The fourth-order valence-corrected chi connectivity index (χ4v) is 3.71. The van der Waals surface area contributed by atoms with Crippen LogP contribution in [0.15, 0.2) is 42.6 Å². The molecule has 1 saturated heterocycles. The molecular weight excluding hydrogens is 397 g/mol. The van der Waals surface area contributed by atoms with Crippen LogP contribution in [-0.2, 0) is 17.5 Å². The fraction of sp³-hybridized carbons (Fsp3) is 0.429. The molecule has 1 aliphatic heterocycles. The lowest BCUT2D eigenvalue weighted by atomic mass is 10.1. The number of rotatable bonds is 6. The van der Waals surface area contributed by atoms with Gasteiger partial charge in [0.05, 0.1) is 12.1 Å². The molecule has 4 rings (SSSR count). The molecule has 0 spiro atoms. The first-order valence-electron chi connectivity index (χ1n) is 9.85. The van der Waals surface area contributed by atoms with Crippen molar-refractivity contribution in [3.05, 3.63) is 48.3 Å². The maximum atomic E-state index is 12.7. The van der Waals surface area contributed by atoms with Crippen molar-refractivity contribution < 1.29 is 22.6 Å². The van der Waals surface area contributed by atoms with Crippen molar-refractivity contribution in [2.24, 2.45) is 0 Å². The van der Waals surface area contributed by atoms with Crippen molar-refractivity contribution in [3.8, 4) is 5.75 Å². The number of halogens is 3. The SMILES string of the molecule is COCCn1ccc2c(OC3CCN(c4ccc(C(F)(F)F)nn4)CC3)cccc21. The molecule has 0 amide bonds. The van der Waals surface area contributed by atoms with E-state index in [1.54, 1.807) is 7.11 Å². The van der Waals surface area contributed by atoms with Crippen molar-refractivity contribution in [1.82, 2.24) is 14.8 Å². The number of fused-ring (bicyclic) bond motifs is 1. The molecule has 3 heterocycles. The maximum Gasteiger partial charge on any atom is 0.435 e. The molecule has 0 bridgehead atoms. The molecule has 1 aliphatic rings. The Morgan fingerprint density at radius 2 is 1.87 bits per heavy atom. The zero-order chi connectivity index (χ0) is 21.1. The molecule has 30 heavy (non-hydrogen) atoms. The molecule has 3 aromatic rings. The van der Waals surface area contributed by atoms with Gasteiger partial charge < -0.3 is 18.9 Å². The van der Waals surface area contributed by atoms with Crippen molar-refractivity contribution in [2.75, 3.05) is 31.7 Å². The topological polar surface area (TPSA) is 52.4 Å². The van der Waals surface area contributed by atoms with Crippen molar-refractivity contribution in [1.29, 1.82) is 0 Å². The van der Waals surface area contributed by atoms with Crippen LogP contribution in [0.4, 0.5) is 19.0 Å². The van der Waals surface area contributed by atoms with E-state index in [-0.39, 0.29) is 6.10 Å². The Morgan fingerprint density at radius 1 is 1.07 bits per heavy atom. The van der Waals surface area contributed by atoms with Gasteiger partial charge in [-0.15, -0.1) is 10.2 Å². The van der Waals surface area contributed by atoms with E-state index in [0.717, 1.165) is 42.1 Å². The predicted octanol–water partition coefficient (Wildman–Crippen LogP) is 4.14. The van der Waals surface area contributed by atoms with Crippen LogP contribution in [0.25, 0.3) is 10.9 Å². The number of benzene rings is 1. The summed E-state index contributed by atoms with van der Waals surface area (Å²) in [5, 5.41) is 8.12. The molecule has 0 radical (unpaired) electrons. The van der Waals surface area contributed by atoms with Gasteiger partial charge in [0, 0.05) is 51.2 Å². The van der Waals surface area contributed by atoms with Gasteiger partial charge in [0.2, 0.25) is 0 Å². The van der Waals surface area contributed by atoms with Gasteiger partial charge in [0.1, 0.15) is 11.9 Å². The van der Waals surface area contributed by atoms with Gasteiger partial charge >= 0.3 is 6.18 Å². The van der Waals surface area contributed by atoms with Crippen LogP contribution in [0.2, 0.25) is 0 Å². The molecular formula is C21H23F3N4O2. The first-order valence-corrected chi connectivity index (χ1v) is 9.85. The van der Waals surface area contributed by atoms with Crippen LogP contribution in [0, 0.1) is 0 Å². The lowest BCUT2D eigenvalue weighted by Crippen LogP contribution is -2.38. The molecule has 0 saturated carbocycles. The highest BCUT2D eigenvalue weighted by atomic mass is 19.4. The van der Waals surface area contributed by atoms with Crippen molar-refractivity contribution in [3.63, 3.8) is 0 Å². The Kier molecular flexibility index (Phi) is 5.80. The maximum absolute atomic E-state index is 12.7. The van der Waals surface area contributed by atoms with E-state index >= 15 is 0 Å². The molecule has 1 aromatic carbocycles. The van der Waals surface area contributed by atoms with Crippen LogP contribution in [0.3, 0.4) is 0 Å². The van der Waals surface area contributed by atoms with Gasteiger partial charge in [0.25, 0.3) is 0 Å². The zero-order valence-electron chi connectivity index (χ0n) is 16.6. The van der Waals surface area contributed by atoms with Gasteiger partial charge in [-0.1, -0.05) is 6.07 Å². The zero-order valence-corrected chi connectivity index (χ0v) is 16.6. The summed E-state index contributed by atoms with van der Waals surface area (Å²) >= 11 is 0. The van der Waals surface area contributed by atoms with Crippen molar-refractivity contribution >= 4 is 16.7 Å². The Labute approximate surface area is 172 Å². The van der Waals surface area contributed by atoms with E-state index in [9.17, 15) is 13.2 Å². The summed E-state index contributed by atoms with van der Waals surface area (Å²) < 4.78 is 51.5. The van der Waals surface area contributed by atoms with Crippen LogP contribution in [0.1, 0.15) is 18.5 Å². The largest absolute Gasteiger partial charge is 0.490 e. The summed E-state index contributed by atoms with van der Waals surface area (Å²) in [6.07, 6.45) is -0.901. The third kappa shape index (κ3) is 4.35. The highest BCUT2D eigenvalue weighted by molar-refractivity contribution is 5.86. The van der Waals surface area contributed by atoms with E-state index in [1.165, 1.54) is 6.07 Å². The van der Waals surface area contributed by atoms with E-state index < -0.39 is 11.9 Å². The predicted molar refractivity (Wildman–Crippen MR) is 107 cm³/mol. The molecule has 0 unspecified atom stereocenters. The second kappa shape index (κ2) is 8.51. The smallest absolute Gasteiger partial charge is 0.435 e. The Morgan fingerprint density at radius 3 is 2.53 bits per heavy atom. The highest BCUT2D eigenvalue weighted by Gasteiger charge is 2.33. The van der Waals surface area contributed by atoms with E-state index in [0.29, 0.717) is 25.5 Å². The number of ether oxygens (including phenoxy) is 2. The quantitative estimate of drug-likeness (QED) is 0.600. The number of methoxy groups -OCH3 is 1. The van der Waals surface area contributed by atoms with E-state index in [2.05, 4.69) is 20.8 Å². The molecule has 0 atom stereocenters. The van der Waals surface area contributed by atoms with Crippen LogP contribution >= 0.6 is 0 Å². The average Bonchev–Trinajstić information content (AvgIpc) is 3.16. The van der Waals surface area contributed by atoms with Gasteiger partial charge in [-0.25, -0.2) is 0 Å². The minimum Gasteiger partial charge on any atom is -0.490 e. The Balaban J connectivity index is 1.39. The first-order chi connectivity index (χ1) is 14.5. The lowest BCUT2D eigenvalue weighted by Gasteiger charge is -2.32. The highest BCUT2D eigenvalue weighted by Crippen LogP contribution is 2.31.